The van der Waals surface area contributed by atoms with Crippen LogP contribution in [0.1, 0.15) is 71.9 Å². The van der Waals surface area contributed by atoms with Crippen LogP contribution in [0.5, 0.6) is 5.75 Å². The van der Waals surface area contributed by atoms with Gasteiger partial charge in [-0.25, -0.2) is 4.79 Å². The Labute approximate surface area is 236 Å². The zero-order valence-electron chi connectivity index (χ0n) is 24.0. The highest BCUT2D eigenvalue weighted by atomic mass is 16.5. The molecular weight excluding hydrogens is 504 g/mol. The third-order valence-electron chi connectivity index (χ3n) is 7.41. The normalized spacial score (nSPS) is 13.2. The lowest BCUT2D eigenvalue weighted by Crippen LogP contribution is -2.45. The Kier molecular flexibility index (Phi) is 9.25. The second-order valence-electron chi connectivity index (χ2n) is 10.5. The van der Waals surface area contributed by atoms with E-state index in [1.165, 1.54) is 25.5 Å². The van der Waals surface area contributed by atoms with Gasteiger partial charge in [0.1, 0.15) is 11.8 Å². The topological polar surface area (TPSA) is 84.9 Å². The molecule has 0 saturated carbocycles. The van der Waals surface area contributed by atoms with Crippen LogP contribution in [-0.4, -0.2) is 42.9 Å². The fraction of sp³-hybridized carbons (Fsp3) is 0.364. The number of esters is 1. The number of benzene rings is 3. The Morgan fingerprint density at radius 1 is 0.950 bits per heavy atom. The van der Waals surface area contributed by atoms with E-state index in [0.717, 1.165) is 29.5 Å². The van der Waals surface area contributed by atoms with Crippen molar-refractivity contribution in [3.63, 3.8) is 0 Å². The summed E-state index contributed by atoms with van der Waals surface area (Å²) >= 11 is 0. The molecule has 7 nitrogen and oxygen atoms in total. The maximum absolute atomic E-state index is 13.3. The predicted molar refractivity (Wildman–Crippen MR) is 157 cm³/mol. The van der Waals surface area contributed by atoms with Gasteiger partial charge in [-0.15, -0.1) is 0 Å². The number of nitrogens with one attached hydrogen (secondary N) is 1. The Morgan fingerprint density at radius 2 is 1.70 bits per heavy atom. The van der Waals surface area contributed by atoms with E-state index in [1.807, 2.05) is 68.4 Å². The van der Waals surface area contributed by atoms with Crippen molar-refractivity contribution in [1.82, 2.24) is 4.90 Å². The summed E-state index contributed by atoms with van der Waals surface area (Å²) in [5.74, 6) is -0.320. The van der Waals surface area contributed by atoms with E-state index in [1.54, 1.807) is 18.1 Å². The van der Waals surface area contributed by atoms with E-state index in [-0.39, 0.29) is 17.7 Å². The molecule has 3 aromatic carbocycles. The standard InChI is InChI=1S/C33H38N2O5/c1-6-7-8-9-22-10-12-23(13-11-22)31(36)34-26-16-17-27(29(19-26)39-4)24-14-15-25-20-35(32(37)28(25)18-24)30(21(2)3)33(38)40-5/h10-19,21,30H,6-9,20H2,1-5H3,(H,34,36). The number of unbranched alkanes of at least 4 members (excludes halogenated alkanes) is 2. The van der Waals surface area contributed by atoms with Crippen LogP contribution in [0.3, 0.4) is 0 Å². The number of hydrogen-bond acceptors (Lipinski definition) is 5. The van der Waals surface area contributed by atoms with Gasteiger partial charge >= 0.3 is 5.97 Å². The first-order valence-corrected chi connectivity index (χ1v) is 13.9. The van der Waals surface area contributed by atoms with Gasteiger partial charge in [0.2, 0.25) is 0 Å². The molecule has 1 N–H and O–H groups in total. The summed E-state index contributed by atoms with van der Waals surface area (Å²) in [5, 5.41) is 2.95. The van der Waals surface area contributed by atoms with Gasteiger partial charge < -0.3 is 19.7 Å². The Bertz CT molecular complexity index is 1380. The van der Waals surface area contributed by atoms with Gasteiger partial charge in [-0.3, -0.25) is 9.59 Å². The molecule has 40 heavy (non-hydrogen) atoms. The third kappa shape index (κ3) is 6.19. The van der Waals surface area contributed by atoms with E-state index in [0.29, 0.717) is 29.1 Å². The number of fused-ring (bicyclic) bond motifs is 1. The molecule has 0 aromatic heterocycles. The van der Waals surface area contributed by atoms with Crippen molar-refractivity contribution in [3.05, 3.63) is 82.9 Å². The van der Waals surface area contributed by atoms with Crippen molar-refractivity contribution in [2.24, 2.45) is 5.92 Å². The number of methoxy groups -OCH3 is 2. The van der Waals surface area contributed by atoms with E-state index in [4.69, 9.17) is 9.47 Å². The van der Waals surface area contributed by atoms with Gasteiger partial charge in [-0.2, -0.15) is 0 Å². The van der Waals surface area contributed by atoms with Crippen LogP contribution in [0.25, 0.3) is 11.1 Å². The van der Waals surface area contributed by atoms with E-state index < -0.39 is 12.0 Å². The van der Waals surface area contributed by atoms with Crippen molar-refractivity contribution in [3.8, 4) is 16.9 Å². The van der Waals surface area contributed by atoms with E-state index >= 15 is 0 Å². The fourth-order valence-electron chi connectivity index (χ4n) is 5.21. The molecule has 4 rings (SSSR count). The van der Waals surface area contributed by atoms with Crippen molar-refractivity contribution in [2.45, 2.75) is 59.0 Å². The first kappa shape index (κ1) is 28.9. The van der Waals surface area contributed by atoms with E-state index in [9.17, 15) is 14.4 Å². The number of aryl methyl sites for hydroxylation is 1. The first-order valence-electron chi connectivity index (χ1n) is 13.9. The minimum atomic E-state index is -0.650. The third-order valence-corrected chi connectivity index (χ3v) is 7.41. The summed E-state index contributed by atoms with van der Waals surface area (Å²) in [7, 11) is 2.92. The zero-order chi connectivity index (χ0) is 28.8. The molecule has 0 saturated heterocycles. The molecule has 0 radical (unpaired) electrons. The van der Waals surface area contributed by atoms with Crippen molar-refractivity contribution < 1.29 is 23.9 Å². The van der Waals surface area contributed by atoms with Crippen LogP contribution >= 0.6 is 0 Å². The highest BCUT2D eigenvalue weighted by Gasteiger charge is 2.38. The van der Waals surface area contributed by atoms with Crippen LogP contribution in [0, 0.1) is 5.92 Å². The summed E-state index contributed by atoms with van der Waals surface area (Å²) in [4.78, 5) is 40.2. The maximum atomic E-state index is 13.3. The number of ether oxygens (including phenoxy) is 2. The smallest absolute Gasteiger partial charge is 0.328 e. The number of hydrogen-bond donors (Lipinski definition) is 1. The van der Waals surface area contributed by atoms with Crippen LogP contribution in [0.4, 0.5) is 5.69 Å². The summed E-state index contributed by atoms with van der Waals surface area (Å²) < 4.78 is 10.6. The SMILES string of the molecule is CCCCCc1ccc(C(=O)Nc2ccc(-c3ccc4c(c3)C(=O)N(C(C(=O)OC)C(C)C)C4)c(OC)c2)cc1. The monoisotopic (exact) mass is 542 g/mol. The summed E-state index contributed by atoms with van der Waals surface area (Å²) in [6, 6.07) is 18.3. The molecule has 0 aliphatic carbocycles. The number of nitrogens with zero attached hydrogens (tertiary/aromatic N) is 1. The minimum absolute atomic E-state index is 0.0863. The molecule has 2 amide bonds. The lowest BCUT2D eigenvalue weighted by molar-refractivity contribution is -0.147. The molecule has 1 aliphatic rings. The summed E-state index contributed by atoms with van der Waals surface area (Å²) in [6.07, 6.45) is 4.55. The maximum Gasteiger partial charge on any atom is 0.328 e. The second-order valence-corrected chi connectivity index (χ2v) is 10.5. The molecule has 210 valence electrons. The lowest BCUT2D eigenvalue weighted by atomic mass is 9.99. The predicted octanol–water partition coefficient (Wildman–Crippen LogP) is 6.50. The zero-order valence-corrected chi connectivity index (χ0v) is 24.0. The summed E-state index contributed by atoms with van der Waals surface area (Å²) in [6.45, 7) is 6.34. The average molecular weight is 543 g/mol. The molecule has 7 heteroatoms. The van der Waals surface area contributed by atoms with Gasteiger partial charge in [-0.1, -0.05) is 57.9 Å². The van der Waals surface area contributed by atoms with Crippen molar-refractivity contribution in [1.29, 1.82) is 0 Å². The Hall–Kier alpha value is -4.13. The molecule has 0 fully saturated rings. The molecule has 1 aliphatic heterocycles. The quantitative estimate of drug-likeness (QED) is 0.221. The Balaban J connectivity index is 1.51. The number of amides is 2. The Morgan fingerprint density at radius 3 is 2.35 bits per heavy atom. The van der Waals surface area contributed by atoms with Gasteiger partial charge in [-0.05, 0) is 65.8 Å². The van der Waals surface area contributed by atoms with Crippen molar-refractivity contribution in [2.75, 3.05) is 19.5 Å². The highest BCUT2D eigenvalue weighted by molar-refractivity contribution is 6.05. The lowest BCUT2D eigenvalue weighted by Gasteiger charge is -2.28. The van der Waals surface area contributed by atoms with Crippen LogP contribution in [0.15, 0.2) is 60.7 Å². The largest absolute Gasteiger partial charge is 0.496 e. The second kappa shape index (κ2) is 12.8. The van der Waals surface area contributed by atoms with Crippen LogP contribution in [0.2, 0.25) is 0 Å². The average Bonchev–Trinajstić information content (AvgIpc) is 3.28. The molecule has 1 heterocycles. The molecule has 1 unspecified atom stereocenters. The van der Waals surface area contributed by atoms with Gasteiger partial charge in [0, 0.05) is 35.0 Å². The number of anilines is 1. The molecule has 1 atom stereocenters. The highest BCUT2D eigenvalue weighted by Crippen LogP contribution is 2.36. The minimum Gasteiger partial charge on any atom is -0.496 e. The van der Waals surface area contributed by atoms with Gasteiger partial charge in [0.25, 0.3) is 11.8 Å². The molecule has 0 spiro atoms. The van der Waals surface area contributed by atoms with Crippen LogP contribution in [-0.2, 0) is 22.5 Å². The van der Waals surface area contributed by atoms with Gasteiger partial charge in [0.15, 0.2) is 0 Å². The van der Waals surface area contributed by atoms with E-state index in [2.05, 4.69) is 12.2 Å². The van der Waals surface area contributed by atoms with Crippen LogP contribution < -0.4 is 10.1 Å². The number of carbonyl (C=O) groups excluding carboxylic acids is 3. The molecule has 3 aromatic rings. The molecular formula is C33H38N2O5. The summed E-state index contributed by atoms with van der Waals surface area (Å²) in [5.41, 5.74) is 5.46. The van der Waals surface area contributed by atoms with Crippen molar-refractivity contribution >= 4 is 23.5 Å². The fourth-order valence-corrected chi connectivity index (χ4v) is 5.21. The first-order chi connectivity index (χ1) is 19.3. The molecule has 0 bridgehead atoms. The number of carbonyl (C=O) groups is 3. The number of rotatable bonds is 11. The van der Waals surface area contributed by atoms with Gasteiger partial charge in [0.05, 0.1) is 14.2 Å².